The van der Waals surface area contributed by atoms with Gasteiger partial charge in [0.1, 0.15) is 11.6 Å². The van der Waals surface area contributed by atoms with Crippen LogP contribution >= 0.6 is 0 Å². The van der Waals surface area contributed by atoms with Crippen molar-refractivity contribution in [3.8, 4) is 16.9 Å². The summed E-state index contributed by atoms with van der Waals surface area (Å²) in [6.07, 6.45) is 3.79. The monoisotopic (exact) mass is 444 g/mol. The van der Waals surface area contributed by atoms with E-state index < -0.39 is 6.36 Å². The molecule has 0 spiro atoms. The third-order valence-corrected chi connectivity index (χ3v) is 6.63. The van der Waals surface area contributed by atoms with Crippen LogP contribution in [0.3, 0.4) is 0 Å². The van der Waals surface area contributed by atoms with Gasteiger partial charge in [0.05, 0.1) is 0 Å². The molecule has 3 aromatic carbocycles. The zero-order chi connectivity index (χ0) is 22.7. The van der Waals surface area contributed by atoms with Gasteiger partial charge in [-0.25, -0.2) is 4.39 Å². The van der Waals surface area contributed by atoms with Crippen LogP contribution in [0.4, 0.5) is 17.6 Å². The molecule has 1 nitrogen and oxygen atoms in total. The maximum absolute atomic E-state index is 15.0. The highest BCUT2D eigenvalue weighted by molar-refractivity contribution is 5.88. The number of fused-ring (bicyclic) bond motifs is 1. The number of halogens is 4. The van der Waals surface area contributed by atoms with Crippen LogP contribution in [0.2, 0.25) is 0 Å². The SMILES string of the molecule is CCCCC1CCC(c2ccc(-c3ccc4cc(OC(F)(F)F)ccc4c3)c(F)c2)CC1. The topological polar surface area (TPSA) is 9.23 Å². The molecule has 0 saturated heterocycles. The Morgan fingerprint density at radius 1 is 0.875 bits per heavy atom. The van der Waals surface area contributed by atoms with E-state index in [1.165, 1.54) is 44.2 Å². The molecule has 0 atom stereocenters. The fourth-order valence-corrected chi connectivity index (χ4v) is 4.89. The molecule has 1 fully saturated rings. The molecule has 1 aliphatic carbocycles. The van der Waals surface area contributed by atoms with Crippen molar-refractivity contribution in [1.29, 1.82) is 0 Å². The Kier molecular flexibility index (Phi) is 6.73. The summed E-state index contributed by atoms with van der Waals surface area (Å²) in [5, 5.41) is 1.33. The molecule has 1 saturated carbocycles. The number of hydrogen-bond acceptors (Lipinski definition) is 1. The summed E-state index contributed by atoms with van der Waals surface area (Å²) in [4.78, 5) is 0. The predicted octanol–water partition coefficient (Wildman–Crippen LogP) is 9.01. The standard InChI is InChI=1S/C27H28F4O/c1-2-3-4-18-5-7-19(8-6-18)22-12-14-25(26(28)17-22)23-10-9-21-16-24(32-27(29,30)31)13-11-20(21)15-23/h9-19H,2-8H2,1H3. The van der Waals surface area contributed by atoms with Crippen LogP contribution in [-0.4, -0.2) is 6.36 Å². The summed E-state index contributed by atoms with van der Waals surface area (Å²) >= 11 is 0. The van der Waals surface area contributed by atoms with Crippen LogP contribution in [0.5, 0.6) is 5.75 Å². The normalized spacial score (nSPS) is 19.3. The van der Waals surface area contributed by atoms with Gasteiger partial charge in [-0.3, -0.25) is 0 Å². The number of benzene rings is 3. The lowest BCUT2D eigenvalue weighted by Crippen LogP contribution is -2.16. The van der Waals surface area contributed by atoms with E-state index >= 15 is 4.39 Å². The first-order chi connectivity index (χ1) is 15.3. The lowest BCUT2D eigenvalue weighted by molar-refractivity contribution is -0.274. The zero-order valence-electron chi connectivity index (χ0n) is 18.2. The van der Waals surface area contributed by atoms with Crippen molar-refractivity contribution in [2.45, 2.75) is 64.1 Å². The molecule has 0 amide bonds. The van der Waals surface area contributed by atoms with E-state index in [4.69, 9.17) is 0 Å². The molecule has 0 radical (unpaired) electrons. The molecule has 32 heavy (non-hydrogen) atoms. The molecule has 4 rings (SSSR count). The van der Waals surface area contributed by atoms with Crippen LogP contribution < -0.4 is 4.74 Å². The number of alkyl halides is 3. The van der Waals surface area contributed by atoms with E-state index in [2.05, 4.69) is 11.7 Å². The maximum atomic E-state index is 15.0. The number of hydrogen-bond donors (Lipinski definition) is 0. The van der Waals surface area contributed by atoms with Gasteiger partial charge >= 0.3 is 6.36 Å². The van der Waals surface area contributed by atoms with E-state index in [1.807, 2.05) is 12.1 Å². The molecule has 170 valence electrons. The van der Waals surface area contributed by atoms with Crippen molar-refractivity contribution in [3.63, 3.8) is 0 Å². The molecule has 3 aromatic rings. The van der Waals surface area contributed by atoms with E-state index in [1.54, 1.807) is 30.3 Å². The molecule has 0 heterocycles. The van der Waals surface area contributed by atoms with Crippen molar-refractivity contribution in [2.24, 2.45) is 5.92 Å². The largest absolute Gasteiger partial charge is 0.573 e. The molecule has 0 N–H and O–H groups in total. The summed E-state index contributed by atoms with van der Waals surface area (Å²) in [6.45, 7) is 2.23. The maximum Gasteiger partial charge on any atom is 0.573 e. The Bertz CT molecular complexity index is 1060. The van der Waals surface area contributed by atoms with Crippen LogP contribution in [0.25, 0.3) is 21.9 Å². The quantitative estimate of drug-likeness (QED) is 0.345. The van der Waals surface area contributed by atoms with Crippen molar-refractivity contribution in [2.75, 3.05) is 0 Å². The average Bonchev–Trinajstić information content (AvgIpc) is 2.76. The number of rotatable bonds is 6. The van der Waals surface area contributed by atoms with Crippen molar-refractivity contribution in [3.05, 3.63) is 66.0 Å². The third kappa shape index (κ3) is 5.43. The van der Waals surface area contributed by atoms with Gasteiger partial charge in [-0.2, -0.15) is 0 Å². The van der Waals surface area contributed by atoms with Crippen molar-refractivity contribution >= 4 is 10.8 Å². The molecule has 0 aliphatic heterocycles. The van der Waals surface area contributed by atoms with Crippen LogP contribution in [0.1, 0.15) is 63.4 Å². The highest BCUT2D eigenvalue weighted by atomic mass is 19.4. The molecular weight excluding hydrogens is 416 g/mol. The Morgan fingerprint density at radius 3 is 2.28 bits per heavy atom. The zero-order valence-corrected chi connectivity index (χ0v) is 18.2. The number of unbranched alkanes of at least 4 members (excludes halogenated alkanes) is 1. The van der Waals surface area contributed by atoms with Crippen LogP contribution in [0, 0.1) is 11.7 Å². The third-order valence-electron chi connectivity index (χ3n) is 6.63. The second-order valence-corrected chi connectivity index (χ2v) is 8.87. The lowest BCUT2D eigenvalue weighted by Gasteiger charge is -2.29. The van der Waals surface area contributed by atoms with Gasteiger partial charge in [-0.1, -0.05) is 56.5 Å². The van der Waals surface area contributed by atoms with Crippen molar-refractivity contribution in [1.82, 2.24) is 0 Å². The summed E-state index contributed by atoms with van der Waals surface area (Å²) < 4.78 is 56.3. The van der Waals surface area contributed by atoms with E-state index in [0.29, 0.717) is 22.4 Å². The molecule has 0 aromatic heterocycles. The summed E-state index contributed by atoms with van der Waals surface area (Å²) in [6, 6.07) is 14.9. The summed E-state index contributed by atoms with van der Waals surface area (Å²) in [5.41, 5.74) is 2.27. The van der Waals surface area contributed by atoms with E-state index in [9.17, 15) is 13.2 Å². The predicted molar refractivity (Wildman–Crippen MR) is 120 cm³/mol. The first-order valence-corrected chi connectivity index (χ1v) is 11.4. The van der Waals surface area contributed by atoms with E-state index in [-0.39, 0.29) is 11.6 Å². The fourth-order valence-electron chi connectivity index (χ4n) is 4.89. The van der Waals surface area contributed by atoms with Gasteiger partial charge in [-0.15, -0.1) is 13.2 Å². The van der Waals surface area contributed by atoms with Gasteiger partial charge in [0.15, 0.2) is 0 Å². The molecule has 0 unspecified atom stereocenters. The Hall–Kier alpha value is -2.56. The van der Waals surface area contributed by atoms with Gasteiger partial charge in [0, 0.05) is 5.56 Å². The first-order valence-electron chi connectivity index (χ1n) is 11.4. The molecule has 5 heteroatoms. The van der Waals surface area contributed by atoms with Gasteiger partial charge < -0.3 is 4.74 Å². The molecule has 1 aliphatic rings. The van der Waals surface area contributed by atoms with E-state index in [0.717, 1.165) is 29.7 Å². The Morgan fingerprint density at radius 2 is 1.59 bits per heavy atom. The molecule has 0 bridgehead atoms. The van der Waals surface area contributed by atoms with Crippen molar-refractivity contribution < 1.29 is 22.3 Å². The Labute approximate surface area is 186 Å². The van der Waals surface area contributed by atoms with Gasteiger partial charge in [-0.05, 0) is 83.7 Å². The summed E-state index contributed by atoms with van der Waals surface area (Å²) in [7, 11) is 0. The lowest BCUT2D eigenvalue weighted by atomic mass is 9.77. The average molecular weight is 445 g/mol. The Balaban J connectivity index is 1.49. The van der Waals surface area contributed by atoms with Crippen LogP contribution in [0.15, 0.2) is 54.6 Å². The minimum absolute atomic E-state index is 0.257. The fraction of sp³-hybridized carbons (Fsp3) is 0.407. The highest BCUT2D eigenvalue weighted by Crippen LogP contribution is 2.39. The minimum atomic E-state index is -4.73. The second-order valence-electron chi connectivity index (χ2n) is 8.87. The number of ether oxygens (including phenoxy) is 1. The smallest absolute Gasteiger partial charge is 0.406 e. The first kappa shape index (κ1) is 22.6. The van der Waals surface area contributed by atoms with Gasteiger partial charge in [0.2, 0.25) is 0 Å². The van der Waals surface area contributed by atoms with Gasteiger partial charge in [0.25, 0.3) is 0 Å². The summed E-state index contributed by atoms with van der Waals surface area (Å²) in [5.74, 6) is 0.708. The second kappa shape index (κ2) is 9.51. The van der Waals surface area contributed by atoms with Crippen LogP contribution in [-0.2, 0) is 0 Å². The minimum Gasteiger partial charge on any atom is -0.406 e. The molecular formula is C27H28F4O. The highest BCUT2D eigenvalue weighted by Gasteiger charge is 2.31.